The highest BCUT2D eigenvalue weighted by molar-refractivity contribution is 7.12. The molecule has 0 unspecified atom stereocenters. The molecule has 1 aliphatic rings. The molecule has 4 nitrogen and oxygen atoms in total. The van der Waals surface area contributed by atoms with Gasteiger partial charge in [0.25, 0.3) is 5.91 Å². The van der Waals surface area contributed by atoms with Crippen molar-refractivity contribution in [3.05, 3.63) is 16.3 Å². The number of anilines is 1. The molecule has 1 aromatic heterocycles. The number of rotatable bonds is 1. The van der Waals surface area contributed by atoms with E-state index in [0.29, 0.717) is 23.7 Å². The largest absolute Gasteiger partial charge is 0.397 e. The molecule has 1 amide bonds. The molecule has 0 radical (unpaired) electrons. The minimum absolute atomic E-state index is 0.0352. The van der Waals surface area contributed by atoms with Crippen molar-refractivity contribution in [2.24, 2.45) is 0 Å². The molecule has 2 heterocycles. The van der Waals surface area contributed by atoms with Crippen molar-refractivity contribution in [3.8, 4) is 0 Å². The summed E-state index contributed by atoms with van der Waals surface area (Å²) in [6.45, 7) is 2.78. The van der Waals surface area contributed by atoms with Gasteiger partial charge in [0.2, 0.25) is 0 Å². The molecule has 2 rings (SSSR count). The zero-order valence-corrected chi connectivity index (χ0v) is 9.26. The predicted octanol–water partition coefficient (Wildman–Crippen LogP) is 1.19. The van der Waals surface area contributed by atoms with Gasteiger partial charge in [-0.3, -0.25) is 4.79 Å². The number of nitrogen functional groups attached to an aromatic ring is 1. The predicted molar refractivity (Wildman–Crippen MR) is 60.1 cm³/mol. The van der Waals surface area contributed by atoms with Gasteiger partial charge in [-0.25, -0.2) is 0 Å². The van der Waals surface area contributed by atoms with Gasteiger partial charge >= 0.3 is 0 Å². The summed E-state index contributed by atoms with van der Waals surface area (Å²) < 4.78 is 5.30. The van der Waals surface area contributed by atoms with Crippen LogP contribution in [0.25, 0.3) is 0 Å². The number of carbonyl (C=O) groups is 1. The van der Waals surface area contributed by atoms with E-state index in [2.05, 4.69) is 0 Å². The smallest absolute Gasteiger partial charge is 0.266 e. The minimum Gasteiger partial charge on any atom is -0.397 e. The summed E-state index contributed by atoms with van der Waals surface area (Å²) in [5.74, 6) is 0.0352. The first-order chi connectivity index (χ1) is 7.29. The quantitative estimate of drug-likeness (QED) is 0.782. The monoisotopic (exact) mass is 226 g/mol. The number of thiophene rings is 1. The molecule has 82 valence electrons. The second kappa shape index (κ2) is 4.63. The topological polar surface area (TPSA) is 55.6 Å². The van der Waals surface area contributed by atoms with Crippen LogP contribution in [0.15, 0.2) is 11.4 Å². The zero-order valence-electron chi connectivity index (χ0n) is 8.44. The Morgan fingerprint density at radius 3 is 3.07 bits per heavy atom. The molecule has 0 spiro atoms. The van der Waals surface area contributed by atoms with Crippen molar-refractivity contribution in [1.82, 2.24) is 4.90 Å². The van der Waals surface area contributed by atoms with Crippen molar-refractivity contribution in [2.75, 3.05) is 32.0 Å². The minimum atomic E-state index is 0.0352. The van der Waals surface area contributed by atoms with Crippen LogP contribution in [0.4, 0.5) is 5.69 Å². The Kier molecular flexibility index (Phi) is 3.23. The molecule has 15 heavy (non-hydrogen) atoms. The molecule has 1 fully saturated rings. The summed E-state index contributed by atoms with van der Waals surface area (Å²) in [4.78, 5) is 14.5. The highest BCUT2D eigenvalue weighted by atomic mass is 32.1. The number of carbonyl (C=O) groups excluding carboxylic acids is 1. The lowest BCUT2D eigenvalue weighted by molar-refractivity contribution is 0.0747. The third kappa shape index (κ3) is 2.30. The van der Waals surface area contributed by atoms with E-state index in [4.69, 9.17) is 10.5 Å². The van der Waals surface area contributed by atoms with Gasteiger partial charge in [0, 0.05) is 19.7 Å². The Morgan fingerprint density at radius 1 is 1.47 bits per heavy atom. The van der Waals surface area contributed by atoms with Crippen LogP contribution in [0.2, 0.25) is 0 Å². The summed E-state index contributed by atoms with van der Waals surface area (Å²) in [5.41, 5.74) is 6.30. The van der Waals surface area contributed by atoms with Crippen LogP contribution in [0.1, 0.15) is 16.1 Å². The highest BCUT2D eigenvalue weighted by Gasteiger charge is 2.20. The summed E-state index contributed by atoms with van der Waals surface area (Å²) >= 11 is 1.40. The second-order valence-corrected chi connectivity index (χ2v) is 4.38. The number of ether oxygens (including phenoxy) is 1. The lowest BCUT2D eigenvalue weighted by Crippen LogP contribution is -2.33. The van der Waals surface area contributed by atoms with Crippen molar-refractivity contribution < 1.29 is 9.53 Å². The Morgan fingerprint density at radius 2 is 2.33 bits per heavy atom. The van der Waals surface area contributed by atoms with Gasteiger partial charge in [0.1, 0.15) is 4.88 Å². The fraction of sp³-hybridized carbons (Fsp3) is 0.500. The number of hydrogen-bond acceptors (Lipinski definition) is 4. The number of hydrogen-bond donors (Lipinski definition) is 1. The standard InChI is InChI=1S/C10H14N2O2S/c11-8-2-7-15-9(8)10(13)12-3-1-5-14-6-4-12/h2,7H,1,3-6,11H2. The number of amides is 1. The Hall–Kier alpha value is -1.07. The van der Waals surface area contributed by atoms with E-state index in [1.165, 1.54) is 11.3 Å². The van der Waals surface area contributed by atoms with Crippen molar-refractivity contribution in [3.63, 3.8) is 0 Å². The van der Waals surface area contributed by atoms with Gasteiger partial charge in [-0.1, -0.05) is 0 Å². The zero-order chi connectivity index (χ0) is 10.7. The summed E-state index contributed by atoms with van der Waals surface area (Å²) in [6, 6.07) is 1.77. The molecule has 2 N–H and O–H groups in total. The van der Waals surface area contributed by atoms with Crippen LogP contribution in [-0.2, 0) is 4.74 Å². The lowest BCUT2D eigenvalue weighted by atomic mass is 10.3. The first kappa shape index (κ1) is 10.4. The molecular formula is C10H14N2O2S. The molecule has 1 aliphatic heterocycles. The third-order valence-corrected chi connectivity index (χ3v) is 3.32. The Bertz CT molecular complexity index is 343. The van der Waals surface area contributed by atoms with Crippen molar-refractivity contribution in [1.29, 1.82) is 0 Å². The van der Waals surface area contributed by atoms with Gasteiger partial charge in [-0.05, 0) is 17.9 Å². The van der Waals surface area contributed by atoms with E-state index in [9.17, 15) is 4.79 Å². The molecule has 0 aromatic carbocycles. The summed E-state index contributed by atoms with van der Waals surface area (Å²) in [7, 11) is 0. The molecule has 0 atom stereocenters. The maximum Gasteiger partial charge on any atom is 0.266 e. The Labute approximate surface area is 92.6 Å². The van der Waals surface area contributed by atoms with Gasteiger partial charge in [0.05, 0.1) is 12.3 Å². The van der Waals surface area contributed by atoms with E-state index in [0.717, 1.165) is 19.6 Å². The maximum atomic E-state index is 12.0. The summed E-state index contributed by atoms with van der Waals surface area (Å²) in [6.07, 6.45) is 0.900. The Balaban J connectivity index is 2.09. The average Bonchev–Trinajstić information content (AvgIpc) is 2.53. The highest BCUT2D eigenvalue weighted by Crippen LogP contribution is 2.21. The van der Waals surface area contributed by atoms with E-state index in [-0.39, 0.29) is 5.91 Å². The third-order valence-electron chi connectivity index (χ3n) is 2.40. The van der Waals surface area contributed by atoms with Crippen LogP contribution in [-0.4, -0.2) is 37.1 Å². The van der Waals surface area contributed by atoms with Crippen molar-refractivity contribution >= 4 is 22.9 Å². The van der Waals surface area contributed by atoms with E-state index in [1.54, 1.807) is 6.07 Å². The van der Waals surface area contributed by atoms with Gasteiger partial charge in [-0.15, -0.1) is 11.3 Å². The second-order valence-electron chi connectivity index (χ2n) is 3.46. The number of nitrogens with two attached hydrogens (primary N) is 1. The fourth-order valence-corrected chi connectivity index (χ4v) is 2.37. The normalized spacial score (nSPS) is 17.5. The van der Waals surface area contributed by atoms with Crippen LogP contribution >= 0.6 is 11.3 Å². The van der Waals surface area contributed by atoms with Gasteiger partial charge in [-0.2, -0.15) is 0 Å². The lowest BCUT2D eigenvalue weighted by Gasteiger charge is -2.18. The maximum absolute atomic E-state index is 12.0. The van der Waals surface area contributed by atoms with E-state index in [1.807, 2.05) is 10.3 Å². The van der Waals surface area contributed by atoms with Gasteiger partial charge in [0.15, 0.2) is 0 Å². The van der Waals surface area contributed by atoms with E-state index < -0.39 is 0 Å². The molecule has 1 saturated heterocycles. The number of nitrogens with zero attached hydrogens (tertiary/aromatic N) is 1. The first-order valence-corrected chi connectivity index (χ1v) is 5.87. The van der Waals surface area contributed by atoms with Gasteiger partial charge < -0.3 is 15.4 Å². The SMILES string of the molecule is Nc1ccsc1C(=O)N1CCCOCC1. The molecule has 1 aromatic rings. The fourth-order valence-electron chi connectivity index (χ4n) is 1.59. The molecule has 5 heteroatoms. The first-order valence-electron chi connectivity index (χ1n) is 4.99. The van der Waals surface area contributed by atoms with E-state index >= 15 is 0 Å². The molecule has 0 aliphatic carbocycles. The molecule has 0 bridgehead atoms. The van der Waals surface area contributed by atoms with Crippen LogP contribution in [0.3, 0.4) is 0 Å². The van der Waals surface area contributed by atoms with Crippen LogP contribution in [0, 0.1) is 0 Å². The van der Waals surface area contributed by atoms with Crippen molar-refractivity contribution in [2.45, 2.75) is 6.42 Å². The van der Waals surface area contributed by atoms with Crippen LogP contribution in [0.5, 0.6) is 0 Å². The summed E-state index contributed by atoms with van der Waals surface area (Å²) in [5, 5.41) is 1.84. The average molecular weight is 226 g/mol. The van der Waals surface area contributed by atoms with Crippen LogP contribution < -0.4 is 5.73 Å². The molecule has 0 saturated carbocycles. The molecular weight excluding hydrogens is 212 g/mol.